The second-order valence-corrected chi connectivity index (χ2v) is 7.58. The number of hydrogen-bond donors (Lipinski definition) is 1. The lowest BCUT2D eigenvalue weighted by molar-refractivity contribution is -0.148. The Morgan fingerprint density at radius 3 is 2.62 bits per heavy atom. The van der Waals surface area contributed by atoms with Crippen molar-refractivity contribution in [3.63, 3.8) is 0 Å². The number of aromatic hydroxyl groups is 1. The zero-order chi connectivity index (χ0) is 18.1. The summed E-state index contributed by atoms with van der Waals surface area (Å²) in [6.07, 6.45) is 2.61. The third-order valence-electron chi connectivity index (χ3n) is 5.61. The van der Waals surface area contributed by atoms with Gasteiger partial charge < -0.3 is 14.7 Å². The Hall–Kier alpha value is -2.04. The van der Waals surface area contributed by atoms with Gasteiger partial charge in [0.05, 0.1) is 18.6 Å². The highest BCUT2D eigenvalue weighted by Gasteiger charge is 2.48. The summed E-state index contributed by atoms with van der Waals surface area (Å²) in [7, 11) is 0. The Bertz CT molecular complexity index is 801. The highest BCUT2D eigenvalue weighted by Crippen LogP contribution is 2.46. The summed E-state index contributed by atoms with van der Waals surface area (Å²) in [5.74, 6) is 0.394. The molecule has 0 radical (unpaired) electrons. The number of carbonyl (C=O) groups is 1. The number of amides is 1. The van der Waals surface area contributed by atoms with Gasteiger partial charge in [0.15, 0.2) is 0 Å². The van der Waals surface area contributed by atoms with Crippen LogP contribution in [0.2, 0.25) is 5.02 Å². The zero-order valence-electron chi connectivity index (χ0n) is 14.5. The van der Waals surface area contributed by atoms with Crippen molar-refractivity contribution in [2.45, 2.75) is 30.8 Å². The molecule has 1 unspecified atom stereocenters. The first kappa shape index (κ1) is 17.4. The molecule has 1 saturated carbocycles. The first-order valence-corrected chi connectivity index (χ1v) is 9.42. The number of carbonyl (C=O) groups excluding carboxylic acids is 1. The molecule has 1 atom stereocenters. The number of nitrogens with zero attached hydrogens (tertiary/aromatic N) is 1. The van der Waals surface area contributed by atoms with Crippen LogP contribution in [0.1, 0.15) is 36.5 Å². The van der Waals surface area contributed by atoms with Gasteiger partial charge >= 0.3 is 0 Å². The fraction of sp³-hybridized carbons (Fsp3) is 0.381. The van der Waals surface area contributed by atoms with Crippen molar-refractivity contribution in [3.05, 3.63) is 64.7 Å². The second-order valence-electron chi connectivity index (χ2n) is 7.15. The molecule has 2 aliphatic rings. The number of hydrogen-bond acceptors (Lipinski definition) is 3. The SMILES string of the molecule is O=C(N1CCOC(c2cccc(O)c2)C1)C1(c2ccc(Cl)cc2)CCC1. The number of halogens is 1. The maximum Gasteiger partial charge on any atom is 0.233 e. The third kappa shape index (κ3) is 3.08. The highest BCUT2D eigenvalue weighted by molar-refractivity contribution is 6.30. The normalized spacial score (nSPS) is 21.9. The number of morpholine rings is 1. The number of rotatable bonds is 3. The lowest BCUT2D eigenvalue weighted by atomic mass is 9.63. The molecule has 0 aromatic heterocycles. The largest absolute Gasteiger partial charge is 0.508 e. The topological polar surface area (TPSA) is 49.8 Å². The van der Waals surface area contributed by atoms with Crippen molar-refractivity contribution in [2.24, 2.45) is 0 Å². The Kier molecular flexibility index (Phi) is 4.63. The molecule has 2 aromatic carbocycles. The van der Waals surface area contributed by atoms with Gasteiger partial charge in [-0.15, -0.1) is 0 Å². The fourth-order valence-corrected chi connectivity index (χ4v) is 4.11. The van der Waals surface area contributed by atoms with Crippen molar-refractivity contribution in [1.29, 1.82) is 0 Å². The minimum Gasteiger partial charge on any atom is -0.508 e. The van der Waals surface area contributed by atoms with Crippen molar-refractivity contribution in [2.75, 3.05) is 19.7 Å². The quantitative estimate of drug-likeness (QED) is 0.884. The lowest BCUT2D eigenvalue weighted by Gasteiger charge is -2.46. The van der Waals surface area contributed by atoms with Crippen molar-refractivity contribution < 1.29 is 14.6 Å². The van der Waals surface area contributed by atoms with E-state index in [0.717, 1.165) is 30.4 Å². The molecule has 2 aromatic rings. The third-order valence-corrected chi connectivity index (χ3v) is 5.86. The van der Waals surface area contributed by atoms with Crippen LogP contribution in [0, 0.1) is 0 Å². The van der Waals surface area contributed by atoms with Crippen LogP contribution in [-0.4, -0.2) is 35.6 Å². The van der Waals surface area contributed by atoms with Gasteiger partial charge in [-0.3, -0.25) is 4.79 Å². The minimum absolute atomic E-state index is 0.180. The van der Waals surface area contributed by atoms with Crippen molar-refractivity contribution in [3.8, 4) is 5.75 Å². The Morgan fingerprint density at radius 2 is 1.96 bits per heavy atom. The number of phenolic OH excluding ortho intramolecular Hbond substituents is 1. The van der Waals surface area contributed by atoms with Gasteiger partial charge in [0.2, 0.25) is 5.91 Å². The standard InChI is InChI=1S/C21H22ClNO3/c22-17-7-5-16(6-8-17)21(9-2-10-21)20(25)23-11-12-26-19(14-23)15-3-1-4-18(24)13-15/h1,3-8,13,19,24H,2,9-12,14H2. The van der Waals surface area contributed by atoms with E-state index in [1.54, 1.807) is 18.2 Å². The van der Waals surface area contributed by atoms with Crippen LogP contribution in [0.3, 0.4) is 0 Å². The second kappa shape index (κ2) is 6.93. The van der Waals surface area contributed by atoms with E-state index >= 15 is 0 Å². The Labute approximate surface area is 158 Å². The summed E-state index contributed by atoms with van der Waals surface area (Å²) >= 11 is 6.02. The van der Waals surface area contributed by atoms with Crippen molar-refractivity contribution in [1.82, 2.24) is 4.90 Å². The van der Waals surface area contributed by atoms with E-state index in [1.165, 1.54) is 0 Å². The first-order valence-electron chi connectivity index (χ1n) is 9.04. The monoisotopic (exact) mass is 371 g/mol. The smallest absolute Gasteiger partial charge is 0.233 e. The van der Waals surface area contributed by atoms with E-state index in [2.05, 4.69) is 0 Å². The van der Waals surface area contributed by atoms with Gasteiger partial charge in [0.1, 0.15) is 11.9 Å². The maximum absolute atomic E-state index is 13.4. The van der Waals surface area contributed by atoms with Gasteiger partial charge in [-0.1, -0.05) is 42.3 Å². The van der Waals surface area contributed by atoms with Crippen LogP contribution in [-0.2, 0) is 14.9 Å². The molecule has 1 heterocycles. The number of phenols is 1. The van der Waals surface area contributed by atoms with Crippen molar-refractivity contribution >= 4 is 17.5 Å². The molecule has 1 aliphatic heterocycles. The van der Waals surface area contributed by atoms with Crippen LogP contribution in [0.5, 0.6) is 5.75 Å². The van der Waals surface area contributed by atoms with Gasteiger partial charge in [-0.2, -0.15) is 0 Å². The van der Waals surface area contributed by atoms with Crippen LogP contribution in [0.25, 0.3) is 0 Å². The molecule has 4 nitrogen and oxygen atoms in total. The average molecular weight is 372 g/mol. The van der Waals surface area contributed by atoms with Crippen LogP contribution >= 0.6 is 11.6 Å². The first-order chi connectivity index (χ1) is 12.6. The summed E-state index contributed by atoms with van der Waals surface area (Å²) in [6.45, 7) is 1.61. The molecule has 5 heteroatoms. The molecule has 136 valence electrons. The molecule has 0 spiro atoms. The highest BCUT2D eigenvalue weighted by atomic mass is 35.5. The molecule has 2 fully saturated rings. The molecule has 0 bridgehead atoms. The van der Waals surface area contributed by atoms with E-state index in [1.807, 2.05) is 35.2 Å². The average Bonchev–Trinajstić information content (AvgIpc) is 2.62. The fourth-order valence-electron chi connectivity index (χ4n) is 3.99. The van der Waals surface area contributed by atoms with Gasteiger partial charge in [-0.25, -0.2) is 0 Å². The van der Waals surface area contributed by atoms with Crippen LogP contribution in [0.4, 0.5) is 0 Å². The van der Waals surface area contributed by atoms with E-state index in [9.17, 15) is 9.90 Å². The summed E-state index contributed by atoms with van der Waals surface area (Å²) in [5, 5.41) is 10.4. The minimum atomic E-state index is -0.425. The molecule has 26 heavy (non-hydrogen) atoms. The number of ether oxygens (including phenoxy) is 1. The molecule has 1 amide bonds. The van der Waals surface area contributed by atoms with E-state index < -0.39 is 5.41 Å². The van der Waals surface area contributed by atoms with E-state index in [-0.39, 0.29) is 17.8 Å². The van der Waals surface area contributed by atoms with Gasteiger partial charge in [0, 0.05) is 11.6 Å². The molecule has 1 aliphatic carbocycles. The summed E-state index contributed by atoms with van der Waals surface area (Å²) in [5.41, 5.74) is 1.53. The summed E-state index contributed by atoms with van der Waals surface area (Å²) in [6, 6.07) is 14.8. The predicted molar refractivity (Wildman–Crippen MR) is 100 cm³/mol. The summed E-state index contributed by atoms with van der Waals surface area (Å²) in [4.78, 5) is 15.3. The molecule has 1 N–H and O–H groups in total. The predicted octanol–water partition coefficient (Wildman–Crippen LogP) is 4.07. The zero-order valence-corrected chi connectivity index (χ0v) is 15.3. The van der Waals surface area contributed by atoms with E-state index in [0.29, 0.717) is 24.7 Å². The lowest BCUT2D eigenvalue weighted by Crippen LogP contribution is -2.54. The van der Waals surface area contributed by atoms with Crippen LogP contribution in [0.15, 0.2) is 48.5 Å². The molecule has 1 saturated heterocycles. The van der Waals surface area contributed by atoms with E-state index in [4.69, 9.17) is 16.3 Å². The number of benzene rings is 2. The molecular formula is C21H22ClNO3. The van der Waals surface area contributed by atoms with Crippen LogP contribution < -0.4 is 0 Å². The molecular weight excluding hydrogens is 350 g/mol. The molecule has 4 rings (SSSR count). The Morgan fingerprint density at radius 1 is 1.19 bits per heavy atom. The van der Waals surface area contributed by atoms with Gasteiger partial charge in [0.25, 0.3) is 0 Å². The maximum atomic E-state index is 13.4. The summed E-state index contributed by atoms with van der Waals surface area (Å²) < 4.78 is 5.86. The van der Waals surface area contributed by atoms with Gasteiger partial charge in [-0.05, 0) is 48.2 Å². The Balaban J connectivity index is 1.56.